The molecule has 2 rings (SSSR count). The van der Waals surface area contributed by atoms with Crippen LogP contribution in [0.1, 0.15) is 10.5 Å². The van der Waals surface area contributed by atoms with Gasteiger partial charge >= 0.3 is 5.97 Å². The molecule has 0 amide bonds. The van der Waals surface area contributed by atoms with Gasteiger partial charge in [-0.3, -0.25) is 5.10 Å². The molecule has 1 heterocycles. The van der Waals surface area contributed by atoms with E-state index >= 15 is 0 Å². The maximum absolute atomic E-state index is 10.7. The van der Waals surface area contributed by atoms with Crippen molar-refractivity contribution in [3.8, 4) is 17.0 Å². The molecular formula is C11H10N2O3S. The summed E-state index contributed by atoms with van der Waals surface area (Å²) in [6.07, 6.45) is 1.91. The molecule has 0 saturated heterocycles. The summed E-state index contributed by atoms with van der Waals surface area (Å²) in [5.74, 6) is -0.996. The number of phenols is 1. The molecule has 1 aromatic heterocycles. The summed E-state index contributed by atoms with van der Waals surface area (Å²) in [5, 5.41) is 24.8. The highest BCUT2D eigenvalue weighted by Gasteiger charge is 2.12. The number of aromatic nitrogens is 2. The molecule has 1 aromatic carbocycles. The first-order valence-corrected chi connectivity index (χ1v) is 6.00. The predicted molar refractivity (Wildman–Crippen MR) is 64.4 cm³/mol. The highest BCUT2D eigenvalue weighted by atomic mass is 32.2. The Balaban J connectivity index is 2.42. The quantitative estimate of drug-likeness (QED) is 0.727. The molecule has 2 aromatic rings. The summed E-state index contributed by atoms with van der Waals surface area (Å²) >= 11 is 1.51. The molecule has 0 aliphatic carbocycles. The van der Waals surface area contributed by atoms with Gasteiger partial charge in [-0.15, -0.1) is 11.8 Å². The number of H-pyrrole nitrogens is 1. The molecule has 88 valence electrons. The summed E-state index contributed by atoms with van der Waals surface area (Å²) in [7, 11) is 0. The molecule has 0 saturated carbocycles. The van der Waals surface area contributed by atoms with Crippen molar-refractivity contribution in [2.24, 2.45) is 0 Å². The number of aromatic carboxylic acids is 1. The number of carboxylic acids is 1. The summed E-state index contributed by atoms with van der Waals surface area (Å²) in [4.78, 5) is 11.6. The fourth-order valence-electron chi connectivity index (χ4n) is 1.42. The van der Waals surface area contributed by atoms with Crippen LogP contribution in [-0.4, -0.2) is 32.6 Å². The van der Waals surface area contributed by atoms with Crippen LogP contribution in [0.5, 0.6) is 5.75 Å². The van der Waals surface area contributed by atoms with E-state index in [1.165, 1.54) is 17.8 Å². The molecule has 5 nitrogen and oxygen atoms in total. The molecule has 0 bridgehead atoms. The highest BCUT2D eigenvalue weighted by molar-refractivity contribution is 7.98. The van der Waals surface area contributed by atoms with Crippen LogP contribution in [0.4, 0.5) is 0 Å². The minimum absolute atomic E-state index is 0.00616. The van der Waals surface area contributed by atoms with E-state index < -0.39 is 5.97 Å². The Morgan fingerprint density at radius 1 is 1.41 bits per heavy atom. The number of hydrogen-bond donors (Lipinski definition) is 3. The van der Waals surface area contributed by atoms with E-state index in [1.807, 2.05) is 12.3 Å². The van der Waals surface area contributed by atoms with E-state index in [0.717, 1.165) is 4.90 Å². The van der Waals surface area contributed by atoms with Gasteiger partial charge in [0.25, 0.3) is 0 Å². The van der Waals surface area contributed by atoms with E-state index in [1.54, 1.807) is 12.1 Å². The van der Waals surface area contributed by atoms with Crippen molar-refractivity contribution < 1.29 is 15.0 Å². The van der Waals surface area contributed by atoms with Crippen molar-refractivity contribution in [1.29, 1.82) is 0 Å². The Labute approximate surface area is 101 Å². The number of rotatable bonds is 3. The number of carboxylic acid groups (broad SMARTS) is 1. The molecule has 0 unspecified atom stereocenters. The van der Waals surface area contributed by atoms with Crippen LogP contribution in [0.15, 0.2) is 29.2 Å². The van der Waals surface area contributed by atoms with Gasteiger partial charge in [-0.05, 0) is 30.5 Å². The lowest BCUT2D eigenvalue weighted by Crippen LogP contribution is -1.95. The average Bonchev–Trinajstić information content (AvgIpc) is 2.78. The van der Waals surface area contributed by atoms with E-state index in [0.29, 0.717) is 11.3 Å². The molecule has 17 heavy (non-hydrogen) atoms. The lowest BCUT2D eigenvalue weighted by molar-refractivity contribution is 0.0690. The molecular weight excluding hydrogens is 240 g/mol. The lowest BCUT2D eigenvalue weighted by atomic mass is 10.1. The largest absolute Gasteiger partial charge is 0.507 e. The predicted octanol–water partition coefficient (Wildman–Crippen LogP) is 2.20. The third kappa shape index (κ3) is 2.26. The van der Waals surface area contributed by atoms with Gasteiger partial charge in [0.15, 0.2) is 0 Å². The van der Waals surface area contributed by atoms with Crippen LogP contribution in [0.25, 0.3) is 11.3 Å². The standard InChI is InChI=1S/C11H10N2O3S/c1-17-6-2-3-7(10(14)4-6)8-5-9(11(15)16)13-12-8/h2-5,14H,1H3,(H,12,13)(H,15,16). The maximum atomic E-state index is 10.7. The Kier molecular flexibility index (Phi) is 3.06. The van der Waals surface area contributed by atoms with Crippen LogP contribution < -0.4 is 0 Å². The van der Waals surface area contributed by atoms with Gasteiger partial charge in [-0.1, -0.05) is 0 Å². The SMILES string of the molecule is CSc1ccc(-c2cc(C(=O)O)[nH]n2)c(O)c1. The number of nitrogens with one attached hydrogen (secondary N) is 1. The first-order valence-electron chi connectivity index (χ1n) is 4.78. The summed E-state index contributed by atoms with van der Waals surface area (Å²) in [5.41, 5.74) is 0.910. The van der Waals surface area contributed by atoms with E-state index in [9.17, 15) is 9.90 Å². The van der Waals surface area contributed by atoms with Gasteiger partial charge in [0.05, 0.1) is 5.69 Å². The van der Waals surface area contributed by atoms with Crippen LogP contribution in [-0.2, 0) is 0 Å². The maximum Gasteiger partial charge on any atom is 0.353 e. The number of aromatic hydroxyl groups is 1. The second-order valence-corrected chi connectivity index (χ2v) is 4.23. The van der Waals surface area contributed by atoms with Gasteiger partial charge in [-0.2, -0.15) is 5.10 Å². The van der Waals surface area contributed by atoms with Crippen molar-refractivity contribution in [1.82, 2.24) is 10.2 Å². The minimum Gasteiger partial charge on any atom is -0.507 e. The second kappa shape index (κ2) is 4.50. The zero-order chi connectivity index (χ0) is 12.4. The second-order valence-electron chi connectivity index (χ2n) is 3.36. The van der Waals surface area contributed by atoms with E-state index in [2.05, 4.69) is 10.2 Å². The number of hydrogen-bond acceptors (Lipinski definition) is 4. The fraction of sp³-hybridized carbons (Fsp3) is 0.0909. The molecule has 6 heteroatoms. The van der Waals surface area contributed by atoms with Gasteiger partial charge in [0.2, 0.25) is 0 Å². The number of aromatic amines is 1. The molecule has 3 N–H and O–H groups in total. The minimum atomic E-state index is -1.08. The first kappa shape index (κ1) is 11.5. The molecule has 0 atom stereocenters. The Hall–Kier alpha value is -1.95. The van der Waals surface area contributed by atoms with Gasteiger partial charge in [-0.25, -0.2) is 4.79 Å². The Morgan fingerprint density at radius 3 is 2.71 bits per heavy atom. The van der Waals surface area contributed by atoms with Crippen LogP contribution >= 0.6 is 11.8 Å². The molecule has 0 fully saturated rings. The summed E-state index contributed by atoms with van der Waals surface area (Å²) < 4.78 is 0. The van der Waals surface area contributed by atoms with Gasteiger partial charge in [0, 0.05) is 10.5 Å². The van der Waals surface area contributed by atoms with E-state index in [4.69, 9.17) is 5.11 Å². The molecule has 0 aliphatic rings. The summed E-state index contributed by atoms with van der Waals surface area (Å²) in [6.45, 7) is 0. The molecule has 0 aliphatic heterocycles. The number of phenolic OH excluding ortho intramolecular Hbond substituents is 1. The zero-order valence-electron chi connectivity index (χ0n) is 8.97. The lowest BCUT2D eigenvalue weighted by Gasteiger charge is -2.02. The Bertz CT molecular complexity index is 566. The molecule has 0 radical (unpaired) electrons. The van der Waals surface area contributed by atoms with Gasteiger partial charge < -0.3 is 10.2 Å². The Morgan fingerprint density at radius 2 is 2.18 bits per heavy atom. The average molecular weight is 250 g/mol. The normalized spacial score (nSPS) is 10.4. The number of benzene rings is 1. The van der Waals surface area contributed by atoms with Crippen LogP contribution in [0, 0.1) is 0 Å². The smallest absolute Gasteiger partial charge is 0.353 e. The third-order valence-electron chi connectivity index (χ3n) is 2.29. The third-order valence-corrected chi connectivity index (χ3v) is 3.01. The fourth-order valence-corrected chi connectivity index (χ4v) is 1.86. The molecule has 0 spiro atoms. The van der Waals surface area contributed by atoms with Crippen molar-refractivity contribution >= 4 is 17.7 Å². The summed E-state index contributed by atoms with van der Waals surface area (Å²) in [6, 6.07) is 6.56. The number of nitrogens with zero attached hydrogens (tertiary/aromatic N) is 1. The topological polar surface area (TPSA) is 86.2 Å². The highest BCUT2D eigenvalue weighted by Crippen LogP contribution is 2.31. The van der Waals surface area contributed by atoms with Gasteiger partial charge in [0.1, 0.15) is 11.4 Å². The first-order chi connectivity index (χ1) is 8.11. The zero-order valence-corrected chi connectivity index (χ0v) is 9.78. The number of thioether (sulfide) groups is 1. The van der Waals surface area contributed by atoms with Crippen LogP contribution in [0.3, 0.4) is 0 Å². The van der Waals surface area contributed by atoms with Crippen molar-refractivity contribution in [3.05, 3.63) is 30.0 Å². The number of carbonyl (C=O) groups is 1. The van der Waals surface area contributed by atoms with Crippen molar-refractivity contribution in [2.75, 3.05) is 6.26 Å². The van der Waals surface area contributed by atoms with E-state index in [-0.39, 0.29) is 11.4 Å². The van der Waals surface area contributed by atoms with Crippen molar-refractivity contribution in [2.45, 2.75) is 4.90 Å². The monoisotopic (exact) mass is 250 g/mol. The van der Waals surface area contributed by atoms with Crippen molar-refractivity contribution in [3.63, 3.8) is 0 Å². The van der Waals surface area contributed by atoms with Crippen LogP contribution in [0.2, 0.25) is 0 Å².